The van der Waals surface area contributed by atoms with Crippen molar-refractivity contribution in [2.45, 2.75) is 78.5 Å². The van der Waals surface area contributed by atoms with Crippen molar-refractivity contribution in [2.75, 3.05) is 6.61 Å². The molecule has 1 aliphatic heterocycles. The minimum Gasteiger partial charge on any atom is -0.375 e. The summed E-state index contributed by atoms with van der Waals surface area (Å²) in [6, 6.07) is 1.30. The van der Waals surface area contributed by atoms with Crippen LogP contribution in [0.5, 0.6) is 0 Å². The maximum absolute atomic E-state index is 5.91. The zero-order valence-electron chi connectivity index (χ0n) is 12.4. The van der Waals surface area contributed by atoms with Crippen molar-refractivity contribution < 1.29 is 4.74 Å². The highest BCUT2D eigenvalue weighted by molar-refractivity contribution is 5.18. The van der Waals surface area contributed by atoms with E-state index in [0.717, 1.165) is 25.9 Å². The topological polar surface area (TPSA) is 21.3 Å². The van der Waals surface area contributed by atoms with Gasteiger partial charge in [-0.15, -0.1) is 0 Å². The van der Waals surface area contributed by atoms with E-state index >= 15 is 0 Å². The van der Waals surface area contributed by atoms with Gasteiger partial charge in [0.1, 0.15) is 0 Å². The summed E-state index contributed by atoms with van der Waals surface area (Å²) in [5.74, 6) is 0. The Hall–Kier alpha value is -0.0800. The van der Waals surface area contributed by atoms with Gasteiger partial charge >= 0.3 is 0 Å². The Kier molecular flexibility index (Phi) is 3.11. The predicted octanol–water partition coefficient (Wildman–Crippen LogP) is 3.36. The van der Waals surface area contributed by atoms with Crippen LogP contribution in [-0.4, -0.2) is 24.3 Å². The highest BCUT2D eigenvalue weighted by atomic mass is 16.5. The van der Waals surface area contributed by atoms with E-state index in [9.17, 15) is 0 Å². The summed E-state index contributed by atoms with van der Waals surface area (Å²) in [5.41, 5.74) is 0.973. The Labute approximate surface area is 107 Å². The van der Waals surface area contributed by atoms with Gasteiger partial charge in [-0.3, -0.25) is 0 Å². The van der Waals surface area contributed by atoms with Gasteiger partial charge in [0.2, 0.25) is 0 Å². The smallest absolute Gasteiger partial charge is 0.0666 e. The largest absolute Gasteiger partial charge is 0.375 e. The molecule has 0 aromatic carbocycles. The lowest BCUT2D eigenvalue weighted by Crippen LogP contribution is -2.46. The van der Waals surface area contributed by atoms with E-state index < -0.39 is 0 Å². The first-order valence-corrected chi connectivity index (χ1v) is 7.13. The molecule has 2 heteroatoms. The van der Waals surface area contributed by atoms with Crippen molar-refractivity contribution in [3.8, 4) is 0 Å². The van der Waals surface area contributed by atoms with Crippen molar-refractivity contribution in [2.24, 2.45) is 10.8 Å². The molecule has 2 unspecified atom stereocenters. The molecule has 0 amide bonds. The molecule has 2 atom stereocenters. The van der Waals surface area contributed by atoms with Crippen LogP contribution < -0.4 is 5.32 Å². The van der Waals surface area contributed by atoms with Gasteiger partial charge in [-0.2, -0.15) is 0 Å². The summed E-state index contributed by atoms with van der Waals surface area (Å²) < 4.78 is 5.91. The first kappa shape index (κ1) is 13.4. The minimum atomic E-state index is 0.0963. The zero-order valence-corrected chi connectivity index (χ0v) is 12.4. The second kappa shape index (κ2) is 3.96. The van der Waals surface area contributed by atoms with Crippen molar-refractivity contribution in [3.63, 3.8) is 0 Å². The Bertz CT molecular complexity index is 283. The number of nitrogens with one attached hydrogen (secondary N) is 1. The summed E-state index contributed by atoms with van der Waals surface area (Å²) in [7, 11) is 0. The molecule has 0 aromatic rings. The standard InChI is InChI=1S/C15H29NO/c1-7-15(6)10-11(8-9-17-15)16-12-13(2,3)14(12,4)5/h11-12,16H,7-10H2,1-6H3. The van der Waals surface area contributed by atoms with E-state index in [2.05, 4.69) is 46.9 Å². The molecule has 1 heterocycles. The van der Waals surface area contributed by atoms with E-state index in [1.165, 1.54) is 0 Å². The molecule has 2 rings (SSSR count). The molecule has 0 bridgehead atoms. The third-order valence-corrected chi connectivity index (χ3v) is 5.77. The number of hydrogen-bond donors (Lipinski definition) is 1. The fourth-order valence-corrected chi connectivity index (χ4v) is 3.37. The van der Waals surface area contributed by atoms with Gasteiger partial charge in [0, 0.05) is 18.7 Å². The number of ether oxygens (including phenoxy) is 1. The van der Waals surface area contributed by atoms with Gasteiger partial charge in [-0.25, -0.2) is 0 Å². The first-order chi connectivity index (χ1) is 7.73. The van der Waals surface area contributed by atoms with E-state index in [1.54, 1.807) is 0 Å². The van der Waals surface area contributed by atoms with Crippen LogP contribution in [0.25, 0.3) is 0 Å². The third kappa shape index (κ3) is 2.15. The summed E-state index contributed by atoms with van der Waals surface area (Å²) >= 11 is 0. The molecule has 0 radical (unpaired) electrons. The maximum atomic E-state index is 5.91. The van der Waals surface area contributed by atoms with E-state index in [-0.39, 0.29) is 5.60 Å². The molecule has 1 saturated heterocycles. The average Bonchev–Trinajstić information content (AvgIpc) is 2.61. The van der Waals surface area contributed by atoms with Crippen molar-refractivity contribution in [1.29, 1.82) is 0 Å². The molecule has 2 aliphatic rings. The van der Waals surface area contributed by atoms with Crippen molar-refractivity contribution in [1.82, 2.24) is 5.32 Å². The van der Waals surface area contributed by atoms with Crippen LogP contribution >= 0.6 is 0 Å². The van der Waals surface area contributed by atoms with Crippen LogP contribution in [0.2, 0.25) is 0 Å². The quantitative estimate of drug-likeness (QED) is 0.815. The van der Waals surface area contributed by atoms with Crippen LogP contribution in [0.3, 0.4) is 0 Å². The van der Waals surface area contributed by atoms with E-state index in [1.807, 2.05) is 0 Å². The van der Waals surface area contributed by atoms with Crippen LogP contribution in [0, 0.1) is 10.8 Å². The molecule has 100 valence electrons. The Morgan fingerprint density at radius 1 is 1.12 bits per heavy atom. The Balaban J connectivity index is 1.93. The molecule has 1 N–H and O–H groups in total. The normalized spacial score (nSPS) is 40.2. The SMILES string of the molecule is CCC1(C)CC(NC2C(C)(C)C2(C)C)CCO1. The summed E-state index contributed by atoms with van der Waals surface area (Å²) in [4.78, 5) is 0. The highest BCUT2D eigenvalue weighted by Gasteiger charge is 2.65. The molecular formula is C15H29NO. The fraction of sp³-hybridized carbons (Fsp3) is 1.00. The zero-order chi connectivity index (χ0) is 12.9. The molecule has 0 spiro atoms. The van der Waals surface area contributed by atoms with Crippen molar-refractivity contribution in [3.05, 3.63) is 0 Å². The summed E-state index contributed by atoms with van der Waals surface area (Å²) in [6.07, 6.45) is 3.44. The van der Waals surface area contributed by atoms with Crippen LogP contribution in [0.4, 0.5) is 0 Å². The predicted molar refractivity (Wildman–Crippen MR) is 72.2 cm³/mol. The lowest BCUT2D eigenvalue weighted by Gasteiger charge is -2.38. The van der Waals surface area contributed by atoms with Gasteiger partial charge in [0.25, 0.3) is 0 Å². The molecule has 2 nitrogen and oxygen atoms in total. The molecule has 1 saturated carbocycles. The molecular weight excluding hydrogens is 210 g/mol. The summed E-state index contributed by atoms with van der Waals surface area (Å²) in [6.45, 7) is 14.9. The Morgan fingerprint density at radius 3 is 2.18 bits per heavy atom. The van der Waals surface area contributed by atoms with Gasteiger partial charge in [-0.05, 0) is 37.0 Å². The third-order valence-electron chi connectivity index (χ3n) is 5.77. The van der Waals surface area contributed by atoms with Gasteiger partial charge in [-0.1, -0.05) is 34.6 Å². The van der Waals surface area contributed by atoms with Gasteiger partial charge in [0.15, 0.2) is 0 Å². The Morgan fingerprint density at radius 2 is 1.71 bits per heavy atom. The lowest BCUT2D eigenvalue weighted by molar-refractivity contribution is -0.0785. The van der Waals surface area contributed by atoms with Crippen molar-refractivity contribution >= 4 is 0 Å². The monoisotopic (exact) mass is 239 g/mol. The van der Waals surface area contributed by atoms with Crippen LogP contribution in [-0.2, 0) is 4.74 Å². The first-order valence-electron chi connectivity index (χ1n) is 7.13. The number of hydrogen-bond acceptors (Lipinski definition) is 2. The molecule has 1 aliphatic carbocycles. The van der Waals surface area contributed by atoms with Crippen LogP contribution in [0.1, 0.15) is 60.8 Å². The second-order valence-corrected chi connectivity index (χ2v) is 7.38. The molecule has 2 fully saturated rings. The molecule has 17 heavy (non-hydrogen) atoms. The second-order valence-electron chi connectivity index (χ2n) is 7.38. The van der Waals surface area contributed by atoms with Gasteiger partial charge in [0.05, 0.1) is 5.60 Å². The lowest BCUT2D eigenvalue weighted by atomic mass is 9.89. The minimum absolute atomic E-state index is 0.0963. The van der Waals surface area contributed by atoms with E-state index in [0.29, 0.717) is 22.9 Å². The molecule has 0 aromatic heterocycles. The van der Waals surface area contributed by atoms with E-state index in [4.69, 9.17) is 4.74 Å². The van der Waals surface area contributed by atoms with Crippen LogP contribution in [0.15, 0.2) is 0 Å². The average molecular weight is 239 g/mol. The number of rotatable bonds is 3. The maximum Gasteiger partial charge on any atom is 0.0666 e. The fourth-order valence-electron chi connectivity index (χ4n) is 3.37. The van der Waals surface area contributed by atoms with Gasteiger partial charge < -0.3 is 10.1 Å². The highest BCUT2D eigenvalue weighted by Crippen LogP contribution is 2.62. The summed E-state index contributed by atoms with van der Waals surface area (Å²) in [5, 5.41) is 3.88.